The smallest absolute Gasteiger partial charge is 0.255 e. The zero-order valence-electron chi connectivity index (χ0n) is 7.16. The quantitative estimate of drug-likeness (QED) is 0.683. The van der Waals surface area contributed by atoms with Crippen LogP contribution in [0.2, 0.25) is 0 Å². The predicted molar refractivity (Wildman–Crippen MR) is 43.8 cm³/mol. The number of aromatic nitrogens is 2. The summed E-state index contributed by atoms with van der Waals surface area (Å²) in [5, 5.41) is 0. The number of anilines is 1. The molecule has 0 aliphatic heterocycles. The van der Waals surface area contributed by atoms with E-state index in [0.717, 1.165) is 6.20 Å². The van der Waals surface area contributed by atoms with Gasteiger partial charge in [0.15, 0.2) is 0 Å². The van der Waals surface area contributed by atoms with Crippen molar-refractivity contribution in [1.82, 2.24) is 9.97 Å². The van der Waals surface area contributed by atoms with Gasteiger partial charge in [-0.1, -0.05) is 0 Å². The average molecular weight is 187 g/mol. The molecule has 0 aliphatic rings. The Kier molecular flexibility index (Phi) is 3.39. The Labute approximate surface area is 74.7 Å². The van der Waals surface area contributed by atoms with Crippen molar-refractivity contribution in [1.29, 1.82) is 0 Å². The first-order valence-corrected chi connectivity index (χ1v) is 3.64. The van der Waals surface area contributed by atoms with Crippen molar-refractivity contribution in [2.24, 2.45) is 0 Å². The second-order valence-corrected chi connectivity index (χ2v) is 2.22. The van der Waals surface area contributed by atoms with Gasteiger partial charge in [0.2, 0.25) is 11.8 Å². The van der Waals surface area contributed by atoms with Crippen molar-refractivity contribution in [3.05, 3.63) is 12.0 Å². The second kappa shape index (κ2) is 4.56. The molecule has 1 aromatic rings. The molecule has 1 rings (SSSR count). The molecule has 0 aliphatic carbocycles. The molecule has 0 fully saturated rings. The minimum absolute atomic E-state index is 0.0196. The van der Waals surface area contributed by atoms with Crippen molar-refractivity contribution in [3.8, 4) is 5.88 Å². The molecule has 0 amide bonds. The number of hydrogen-bond acceptors (Lipinski definition) is 5. The molecule has 13 heavy (non-hydrogen) atoms. The molecule has 0 saturated carbocycles. The van der Waals surface area contributed by atoms with Gasteiger partial charge in [-0.15, -0.1) is 0 Å². The monoisotopic (exact) mass is 187 g/mol. The summed E-state index contributed by atoms with van der Waals surface area (Å²) in [6, 6.07) is 0. The van der Waals surface area contributed by atoms with Crippen LogP contribution in [0.25, 0.3) is 0 Å². The van der Waals surface area contributed by atoms with Gasteiger partial charge in [-0.3, -0.25) is 0 Å². The summed E-state index contributed by atoms with van der Waals surface area (Å²) >= 11 is 0. The van der Waals surface area contributed by atoms with Crippen LogP contribution in [0.4, 0.5) is 10.3 Å². The Balaban J connectivity index is 2.59. The summed E-state index contributed by atoms with van der Waals surface area (Å²) < 4.78 is 22.5. The van der Waals surface area contributed by atoms with Crippen molar-refractivity contribution < 1.29 is 13.9 Å². The van der Waals surface area contributed by atoms with E-state index in [0.29, 0.717) is 6.61 Å². The highest BCUT2D eigenvalue weighted by atomic mass is 19.1. The molecule has 0 spiro atoms. The van der Waals surface area contributed by atoms with Gasteiger partial charge in [-0.05, 0) is 0 Å². The summed E-state index contributed by atoms with van der Waals surface area (Å²) in [4.78, 5) is 7.01. The first-order chi connectivity index (χ1) is 6.24. The predicted octanol–water partition coefficient (Wildman–Crippen LogP) is 0.223. The molecule has 1 heterocycles. The zero-order chi connectivity index (χ0) is 9.68. The molecule has 0 bridgehead atoms. The summed E-state index contributed by atoms with van der Waals surface area (Å²) in [5.74, 6) is -0.802. The fourth-order valence-electron chi connectivity index (χ4n) is 0.687. The standard InChI is InChI=1S/C7H10FN3O2/c1-12-2-3-13-6-5(8)4-10-7(9)11-6/h4H,2-3H2,1H3,(H2,9,10,11). The SMILES string of the molecule is COCCOc1nc(N)ncc1F. The van der Waals surface area contributed by atoms with E-state index in [1.165, 1.54) is 7.11 Å². The largest absolute Gasteiger partial charge is 0.473 e. The molecule has 0 radical (unpaired) electrons. The summed E-state index contributed by atoms with van der Waals surface area (Å²) in [6.07, 6.45) is 0.963. The average Bonchev–Trinajstić information content (AvgIpc) is 2.11. The number of rotatable bonds is 4. The number of methoxy groups -OCH3 is 1. The topological polar surface area (TPSA) is 70.3 Å². The maximum Gasteiger partial charge on any atom is 0.255 e. The Hall–Kier alpha value is -1.43. The van der Waals surface area contributed by atoms with Gasteiger partial charge in [0, 0.05) is 7.11 Å². The molecule has 0 unspecified atom stereocenters. The third-order valence-corrected chi connectivity index (χ3v) is 1.26. The van der Waals surface area contributed by atoms with E-state index in [-0.39, 0.29) is 18.4 Å². The van der Waals surface area contributed by atoms with Gasteiger partial charge in [0.05, 0.1) is 12.8 Å². The first-order valence-electron chi connectivity index (χ1n) is 3.64. The van der Waals surface area contributed by atoms with Crippen LogP contribution < -0.4 is 10.5 Å². The van der Waals surface area contributed by atoms with Gasteiger partial charge in [-0.25, -0.2) is 4.98 Å². The highest BCUT2D eigenvalue weighted by Crippen LogP contribution is 2.12. The van der Waals surface area contributed by atoms with Gasteiger partial charge in [0.25, 0.3) is 5.88 Å². The highest BCUT2D eigenvalue weighted by Gasteiger charge is 2.05. The molecule has 6 heteroatoms. The number of nitrogens with zero attached hydrogens (tertiary/aromatic N) is 2. The lowest BCUT2D eigenvalue weighted by Crippen LogP contribution is -2.08. The number of nitrogens with two attached hydrogens (primary N) is 1. The number of halogens is 1. The van der Waals surface area contributed by atoms with Crippen molar-refractivity contribution >= 4 is 5.95 Å². The molecule has 5 nitrogen and oxygen atoms in total. The molecule has 0 saturated heterocycles. The lowest BCUT2D eigenvalue weighted by atomic mass is 10.6. The van der Waals surface area contributed by atoms with Crippen molar-refractivity contribution in [3.63, 3.8) is 0 Å². The maximum absolute atomic E-state index is 12.9. The Morgan fingerprint density at radius 1 is 1.54 bits per heavy atom. The van der Waals surface area contributed by atoms with Crippen LogP contribution in [-0.2, 0) is 4.74 Å². The summed E-state index contributed by atoms with van der Waals surface area (Å²) in [6.45, 7) is 0.590. The maximum atomic E-state index is 12.9. The molecule has 0 aromatic carbocycles. The Morgan fingerprint density at radius 3 is 3.00 bits per heavy atom. The highest BCUT2D eigenvalue weighted by molar-refractivity contribution is 5.22. The molecule has 1 aromatic heterocycles. The van der Waals surface area contributed by atoms with Gasteiger partial charge in [-0.2, -0.15) is 9.37 Å². The number of ether oxygens (including phenoxy) is 2. The molecule has 0 atom stereocenters. The zero-order valence-corrected chi connectivity index (χ0v) is 7.16. The van der Waals surface area contributed by atoms with Crippen LogP contribution in [0.1, 0.15) is 0 Å². The lowest BCUT2D eigenvalue weighted by molar-refractivity contribution is 0.141. The van der Waals surface area contributed by atoms with Crippen molar-refractivity contribution in [2.75, 3.05) is 26.1 Å². The van der Waals surface area contributed by atoms with Gasteiger partial charge in [0.1, 0.15) is 6.61 Å². The molecular formula is C7H10FN3O2. The van der Waals surface area contributed by atoms with E-state index in [1.807, 2.05) is 0 Å². The first kappa shape index (κ1) is 9.66. The third kappa shape index (κ3) is 2.83. The van der Waals surface area contributed by atoms with Crippen LogP contribution in [-0.4, -0.2) is 30.3 Å². The molecular weight excluding hydrogens is 177 g/mol. The lowest BCUT2D eigenvalue weighted by Gasteiger charge is -2.04. The van der Waals surface area contributed by atoms with Crippen LogP contribution in [0.5, 0.6) is 5.88 Å². The Morgan fingerprint density at radius 2 is 2.31 bits per heavy atom. The third-order valence-electron chi connectivity index (χ3n) is 1.26. The van der Waals surface area contributed by atoms with Gasteiger partial charge < -0.3 is 15.2 Å². The second-order valence-electron chi connectivity index (χ2n) is 2.22. The Bertz CT molecular complexity index is 282. The minimum Gasteiger partial charge on any atom is -0.473 e. The van der Waals surface area contributed by atoms with Crippen LogP contribution in [0.15, 0.2) is 6.20 Å². The molecule has 72 valence electrons. The number of hydrogen-bond donors (Lipinski definition) is 1. The van der Waals surface area contributed by atoms with E-state index in [1.54, 1.807) is 0 Å². The van der Waals surface area contributed by atoms with E-state index in [4.69, 9.17) is 15.2 Å². The van der Waals surface area contributed by atoms with Crippen LogP contribution in [0, 0.1) is 5.82 Å². The normalized spacial score (nSPS) is 10.0. The van der Waals surface area contributed by atoms with Gasteiger partial charge >= 0.3 is 0 Å². The van der Waals surface area contributed by atoms with E-state index < -0.39 is 5.82 Å². The van der Waals surface area contributed by atoms with Crippen LogP contribution in [0.3, 0.4) is 0 Å². The van der Waals surface area contributed by atoms with Crippen LogP contribution >= 0.6 is 0 Å². The summed E-state index contributed by atoms with van der Waals surface area (Å²) in [7, 11) is 1.52. The fraction of sp³-hybridized carbons (Fsp3) is 0.429. The van der Waals surface area contributed by atoms with E-state index in [2.05, 4.69) is 9.97 Å². The van der Waals surface area contributed by atoms with E-state index >= 15 is 0 Å². The summed E-state index contributed by atoms with van der Waals surface area (Å²) in [5.41, 5.74) is 5.23. The van der Waals surface area contributed by atoms with Crippen molar-refractivity contribution in [2.45, 2.75) is 0 Å². The fourth-order valence-corrected chi connectivity index (χ4v) is 0.687. The molecule has 2 N–H and O–H groups in total. The van der Waals surface area contributed by atoms with E-state index in [9.17, 15) is 4.39 Å². The minimum atomic E-state index is -0.634. The number of nitrogen functional groups attached to an aromatic ring is 1.